The Morgan fingerprint density at radius 1 is 0.354 bits per heavy atom. The van der Waals surface area contributed by atoms with Crippen LogP contribution < -0.4 is 20.7 Å². The molecule has 0 spiro atoms. The molecule has 2 fully saturated rings. The summed E-state index contributed by atoms with van der Waals surface area (Å²) in [6.07, 6.45) is 3.35. The molecule has 3 aliphatic rings. The molecule has 0 unspecified atom stereocenters. The van der Waals surface area contributed by atoms with Crippen molar-refractivity contribution in [2.45, 2.75) is 31.1 Å². The molecule has 2 aliphatic heterocycles. The van der Waals surface area contributed by atoms with Gasteiger partial charge in [0.05, 0.1) is 0 Å². The third kappa shape index (κ3) is 8.31. The van der Waals surface area contributed by atoms with E-state index in [1.807, 2.05) is 0 Å². The zero-order valence-electron chi connectivity index (χ0n) is 36.5. The van der Waals surface area contributed by atoms with E-state index in [9.17, 15) is 0 Å². The van der Waals surface area contributed by atoms with Crippen LogP contribution in [0.2, 0.25) is 0 Å². The van der Waals surface area contributed by atoms with Gasteiger partial charge in [-0.3, -0.25) is 0 Å². The summed E-state index contributed by atoms with van der Waals surface area (Å²) in [5.41, 5.74) is 15.8. The SMILES string of the molecule is c1ccc(N(c2ccccc2)c2ccc3c(c2)C(Cc2ccc(B4OCCCO4)cc2)(Cc2ccc(B4OCCCO4)cc2)c2cc(N(c4ccccc4)c4ccccc4)ccc2-3)cc1. The normalized spacial score (nSPS) is 15.3. The Bertz CT molecular complexity index is 2560. The molecular weight excluding hydrogens is 798 g/mol. The van der Waals surface area contributed by atoms with Crippen molar-refractivity contribution in [3.05, 3.63) is 229 Å². The second-order valence-electron chi connectivity index (χ2n) is 17.2. The quantitative estimate of drug-likeness (QED) is 0.114. The monoisotopic (exact) mass is 848 g/mol. The molecule has 8 heteroatoms. The molecule has 11 rings (SSSR count). The largest absolute Gasteiger partial charge is 0.493 e. The fraction of sp³-hybridized carbons (Fsp3) is 0.158. The van der Waals surface area contributed by atoms with Gasteiger partial charge in [0.2, 0.25) is 0 Å². The van der Waals surface area contributed by atoms with Crippen molar-refractivity contribution in [3.8, 4) is 11.1 Å². The van der Waals surface area contributed by atoms with Gasteiger partial charge in [0.1, 0.15) is 0 Å². The number of para-hydroxylation sites is 4. The van der Waals surface area contributed by atoms with Crippen LogP contribution in [0.3, 0.4) is 0 Å². The third-order valence-corrected chi connectivity index (χ3v) is 13.1. The number of hydrogen-bond acceptors (Lipinski definition) is 6. The molecule has 8 aromatic rings. The second-order valence-corrected chi connectivity index (χ2v) is 17.2. The predicted octanol–water partition coefficient (Wildman–Crippen LogP) is 11.6. The first-order valence-electron chi connectivity index (χ1n) is 22.9. The number of hydrogen-bond donors (Lipinski definition) is 0. The first-order valence-corrected chi connectivity index (χ1v) is 22.9. The standard InChI is InChI=1S/C57H50B2N2O4/c1-5-15-47(16-6-1)60(48-17-7-2-8-18-48)51-31-33-53-54-34-32-52(61(49-19-9-3-10-20-49)50-21-11-4-12-22-50)40-56(54)57(55(53)39-51,41-43-23-27-45(28-24-43)58-62-35-13-36-63-58)42-44-25-29-46(30-26-44)59-64-37-14-38-65-59/h1-12,15-34,39-40H,13-14,35-38,41-42H2. The molecule has 0 amide bonds. The Hall–Kier alpha value is -6.67. The summed E-state index contributed by atoms with van der Waals surface area (Å²) in [7, 11) is -0.686. The van der Waals surface area contributed by atoms with Crippen LogP contribution >= 0.6 is 0 Å². The van der Waals surface area contributed by atoms with E-state index in [4.69, 9.17) is 18.6 Å². The summed E-state index contributed by atoms with van der Waals surface area (Å²) < 4.78 is 24.2. The van der Waals surface area contributed by atoms with E-state index in [-0.39, 0.29) is 14.2 Å². The van der Waals surface area contributed by atoms with E-state index in [0.717, 1.165) is 70.7 Å². The highest BCUT2D eigenvalue weighted by Gasteiger charge is 2.45. The Kier molecular flexibility index (Phi) is 11.6. The van der Waals surface area contributed by atoms with Crippen LogP contribution in [-0.2, 0) is 36.9 Å². The molecule has 2 heterocycles. The first kappa shape index (κ1) is 41.1. The molecule has 0 aromatic heterocycles. The molecule has 8 aromatic carbocycles. The minimum Gasteiger partial charge on any atom is -0.407 e. The van der Waals surface area contributed by atoms with Crippen molar-refractivity contribution in [1.29, 1.82) is 0 Å². The van der Waals surface area contributed by atoms with Crippen molar-refractivity contribution >= 4 is 59.3 Å². The lowest BCUT2D eigenvalue weighted by molar-refractivity contribution is 0.143. The van der Waals surface area contributed by atoms with Crippen LogP contribution in [0.5, 0.6) is 0 Å². The lowest BCUT2D eigenvalue weighted by Gasteiger charge is -2.35. The maximum absolute atomic E-state index is 6.05. The van der Waals surface area contributed by atoms with Crippen LogP contribution in [0.15, 0.2) is 206 Å². The molecule has 0 atom stereocenters. The van der Waals surface area contributed by atoms with Gasteiger partial charge in [0, 0.05) is 66.0 Å². The van der Waals surface area contributed by atoms with Crippen LogP contribution in [-0.4, -0.2) is 40.7 Å². The fourth-order valence-electron chi connectivity index (χ4n) is 10.0. The molecule has 0 bridgehead atoms. The molecular formula is C57H50B2N2O4. The Balaban J connectivity index is 1.11. The maximum atomic E-state index is 6.05. The topological polar surface area (TPSA) is 43.4 Å². The zero-order chi connectivity index (χ0) is 43.4. The molecule has 6 nitrogen and oxygen atoms in total. The van der Waals surface area contributed by atoms with Crippen molar-refractivity contribution in [1.82, 2.24) is 0 Å². The number of fused-ring (bicyclic) bond motifs is 3. The van der Waals surface area contributed by atoms with Crippen LogP contribution in [0, 0.1) is 0 Å². The van der Waals surface area contributed by atoms with Crippen LogP contribution in [0.4, 0.5) is 34.1 Å². The molecule has 2 saturated heterocycles. The summed E-state index contributed by atoms with van der Waals surface area (Å²) in [6, 6.07) is 75.0. The van der Waals surface area contributed by atoms with Gasteiger partial charge in [-0.05, 0) is 143 Å². The summed E-state index contributed by atoms with van der Waals surface area (Å²) in [4.78, 5) is 4.76. The van der Waals surface area contributed by atoms with Crippen LogP contribution in [0.25, 0.3) is 11.1 Å². The van der Waals surface area contributed by atoms with Crippen molar-refractivity contribution in [2.75, 3.05) is 36.2 Å². The number of anilines is 6. The highest BCUT2D eigenvalue weighted by atomic mass is 16.6. The molecule has 0 radical (unpaired) electrons. The lowest BCUT2D eigenvalue weighted by Crippen LogP contribution is -2.41. The Morgan fingerprint density at radius 2 is 0.677 bits per heavy atom. The molecule has 318 valence electrons. The van der Waals surface area contributed by atoms with Gasteiger partial charge in [0.25, 0.3) is 0 Å². The smallest absolute Gasteiger partial charge is 0.407 e. The predicted molar refractivity (Wildman–Crippen MR) is 266 cm³/mol. The van der Waals surface area contributed by atoms with Gasteiger partial charge in [-0.25, -0.2) is 0 Å². The molecule has 0 saturated carbocycles. The van der Waals surface area contributed by atoms with E-state index in [2.05, 4.69) is 216 Å². The fourth-order valence-corrected chi connectivity index (χ4v) is 10.0. The van der Waals surface area contributed by atoms with Gasteiger partial charge >= 0.3 is 14.2 Å². The van der Waals surface area contributed by atoms with Gasteiger partial charge in [0.15, 0.2) is 0 Å². The average molecular weight is 849 g/mol. The van der Waals surface area contributed by atoms with Gasteiger partial charge < -0.3 is 28.4 Å². The third-order valence-electron chi connectivity index (χ3n) is 13.1. The number of nitrogens with zero attached hydrogens (tertiary/aromatic N) is 2. The maximum Gasteiger partial charge on any atom is 0.493 e. The lowest BCUT2D eigenvalue weighted by atomic mass is 9.68. The summed E-state index contributed by atoms with van der Waals surface area (Å²) in [5.74, 6) is 0. The van der Waals surface area contributed by atoms with E-state index in [1.54, 1.807) is 0 Å². The summed E-state index contributed by atoms with van der Waals surface area (Å²) in [6.45, 7) is 2.82. The average Bonchev–Trinajstić information content (AvgIpc) is 3.63. The minimum atomic E-state index is -0.493. The summed E-state index contributed by atoms with van der Waals surface area (Å²) in [5, 5.41) is 0. The molecule has 65 heavy (non-hydrogen) atoms. The highest BCUT2D eigenvalue weighted by molar-refractivity contribution is 6.61. The second kappa shape index (κ2) is 18.4. The van der Waals surface area contributed by atoms with Crippen LogP contribution in [0.1, 0.15) is 35.1 Å². The summed E-state index contributed by atoms with van der Waals surface area (Å²) >= 11 is 0. The van der Waals surface area contributed by atoms with E-state index in [1.165, 1.54) is 33.4 Å². The number of benzene rings is 8. The van der Waals surface area contributed by atoms with E-state index < -0.39 is 5.41 Å². The van der Waals surface area contributed by atoms with E-state index >= 15 is 0 Å². The van der Waals surface area contributed by atoms with Crippen molar-refractivity contribution < 1.29 is 18.6 Å². The van der Waals surface area contributed by atoms with Crippen molar-refractivity contribution in [3.63, 3.8) is 0 Å². The van der Waals surface area contributed by atoms with Gasteiger partial charge in [-0.1, -0.05) is 133 Å². The van der Waals surface area contributed by atoms with Gasteiger partial charge in [-0.15, -0.1) is 0 Å². The zero-order valence-corrected chi connectivity index (χ0v) is 36.5. The minimum absolute atomic E-state index is 0.343. The molecule has 1 aliphatic carbocycles. The molecule has 0 N–H and O–H groups in total. The van der Waals surface area contributed by atoms with Crippen molar-refractivity contribution in [2.24, 2.45) is 0 Å². The van der Waals surface area contributed by atoms with E-state index in [0.29, 0.717) is 26.4 Å². The highest BCUT2D eigenvalue weighted by Crippen LogP contribution is 2.55. The number of rotatable bonds is 12. The first-order chi connectivity index (χ1) is 32.2. The Morgan fingerprint density at radius 3 is 1.00 bits per heavy atom. The van der Waals surface area contributed by atoms with Gasteiger partial charge in [-0.2, -0.15) is 0 Å². The Labute approximate surface area is 383 Å².